The number of aliphatic carboxylic acids is 1. The lowest BCUT2D eigenvalue weighted by atomic mass is 10.0. The molecular formula is C11H14ClNO3. The van der Waals surface area contributed by atoms with E-state index in [1.165, 1.54) is 0 Å². The maximum atomic E-state index is 10.6. The maximum absolute atomic E-state index is 10.6. The molecule has 4 nitrogen and oxygen atoms in total. The minimum absolute atomic E-state index is 0.161. The average Bonchev–Trinajstić information content (AvgIpc) is 2.16. The summed E-state index contributed by atoms with van der Waals surface area (Å²) in [7, 11) is 1.54. The highest BCUT2D eigenvalue weighted by Crippen LogP contribution is 2.30. The van der Waals surface area contributed by atoms with Crippen LogP contribution in [0.3, 0.4) is 0 Å². The monoisotopic (exact) mass is 243 g/mol. The predicted molar refractivity (Wildman–Crippen MR) is 61.9 cm³/mol. The van der Waals surface area contributed by atoms with Crippen LogP contribution in [0.25, 0.3) is 0 Å². The van der Waals surface area contributed by atoms with E-state index in [2.05, 4.69) is 0 Å². The fourth-order valence-corrected chi connectivity index (χ4v) is 1.83. The fourth-order valence-electron chi connectivity index (χ4n) is 1.47. The van der Waals surface area contributed by atoms with E-state index in [4.69, 9.17) is 27.2 Å². The molecule has 1 atom stereocenters. The molecule has 0 amide bonds. The van der Waals surface area contributed by atoms with Gasteiger partial charge in [0.25, 0.3) is 0 Å². The highest BCUT2D eigenvalue weighted by Gasteiger charge is 2.16. The molecule has 0 heterocycles. The van der Waals surface area contributed by atoms with Crippen molar-refractivity contribution in [2.75, 3.05) is 7.11 Å². The summed E-state index contributed by atoms with van der Waals surface area (Å²) in [4.78, 5) is 10.6. The first-order valence-corrected chi connectivity index (χ1v) is 5.15. The number of rotatable bonds is 4. The van der Waals surface area contributed by atoms with Crippen molar-refractivity contribution in [2.45, 2.75) is 19.4 Å². The number of methoxy groups -OCH3 is 1. The SMILES string of the molecule is COc1cc(C(N)CC(=O)O)c(Cl)cc1C. The Morgan fingerprint density at radius 2 is 2.25 bits per heavy atom. The van der Waals surface area contributed by atoms with Crippen LogP contribution in [0.5, 0.6) is 5.75 Å². The summed E-state index contributed by atoms with van der Waals surface area (Å²) < 4.78 is 5.13. The molecule has 0 aromatic heterocycles. The van der Waals surface area contributed by atoms with E-state index >= 15 is 0 Å². The second-order valence-electron chi connectivity index (χ2n) is 3.55. The Morgan fingerprint density at radius 1 is 1.62 bits per heavy atom. The lowest BCUT2D eigenvalue weighted by Gasteiger charge is -2.14. The molecule has 1 aromatic rings. The van der Waals surface area contributed by atoms with Crippen LogP contribution in [0.1, 0.15) is 23.6 Å². The van der Waals surface area contributed by atoms with Crippen LogP contribution in [0.4, 0.5) is 0 Å². The number of aryl methyl sites for hydroxylation is 1. The van der Waals surface area contributed by atoms with Crippen molar-refractivity contribution in [3.8, 4) is 5.75 Å². The van der Waals surface area contributed by atoms with E-state index in [1.54, 1.807) is 19.2 Å². The molecule has 1 unspecified atom stereocenters. The molecule has 0 saturated carbocycles. The molecule has 1 aromatic carbocycles. The molecule has 0 saturated heterocycles. The van der Waals surface area contributed by atoms with E-state index < -0.39 is 12.0 Å². The van der Waals surface area contributed by atoms with Gasteiger partial charge in [-0.1, -0.05) is 11.6 Å². The van der Waals surface area contributed by atoms with Crippen molar-refractivity contribution in [1.82, 2.24) is 0 Å². The largest absolute Gasteiger partial charge is 0.496 e. The first kappa shape index (κ1) is 12.8. The smallest absolute Gasteiger partial charge is 0.305 e. The van der Waals surface area contributed by atoms with E-state index in [-0.39, 0.29) is 6.42 Å². The molecular weight excluding hydrogens is 230 g/mol. The number of benzene rings is 1. The molecule has 0 fully saturated rings. The summed E-state index contributed by atoms with van der Waals surface area (Å²) in [5, 5.41) is 9.13. The van der Waals surface area contributed by atoms with Crippen LogP contribution in [0.2, 0.25) is 5.02 Å². The highest BCUT2D eigenvalue weighted by atomic mass is 35.5. The number of carboxylic acid groups (broad SMARTS) is 1. The van der Waals surface area contributed by atoms with Gasteiger partial charge in [-0.2, -0.15) is 0 Å². The van der Waals surface area contributed by atoms with Crippen molar-refractivity contribution >= 4 is 17.6 Å². The zero-order valence-electron chi connectivity index (χ0n) is 9.16. The molecule has 0 aliphatic carbocycles. The Bertz CT molecular complexity index is 406. The third-order valence-corrected chi connectivity index (χ3v) is 2.64. The number of ether oxygens (including phenoxy) is 1. The summed E-state index contributed by atoms with van der Waals surface area (Å²) in [5.74, 6) is -0.302. The molecule has 0 aliphatic rings. The summed E-state index contributed by atoms with van der Waals surface area (Å²) in [6.07, 6.45) is -0.161. The first-order chi connectivity index (χ1) is 7.45. The average molecular weight is 244 g/mol. The maximum Gasteiger partial charge on any atom is 0.305 e. The van der Waals surface area contributed by atoms with Gasteiger partial charge in [-0.3, -0.25) is 4.79 Å². The molecule has 0 radical (unpaired) electrons. The lowest BCUT2D eigenvalue weighted by Crippen LogP contribution is -2.15. The van der Waals surface area contributed by atoms with Gasteiger partial charge < -0.3 is 15.6 Å². The Morgan fingerprint density at radius 3 is 2.75 bits per heavy atom. The van der Waals surface area contributed by atoms with Gasteiger partial charge in [-0.15, -0.1) is 0 Å². The highest BCUT2D eigenvalue weighted by molar-refractivity contribution is 6.31. The Hall–Kier alpha value is -1.26. The second-order valence-corrected chi connectivity index (χ2v) is 3.95. The normalized spacial score (nSPS) is 12.2. The van der Waals surface area contributed by atoms with Crippen LogP contribution in [0, 0.1) is 6.92 Å². The Labute approximate surface area is 99.0 Å². The van der Waals surface area contributed by atoms with E-state index in [0.29, 0.717) is 16.3 Å². The summed E-state index contributed by atoms with van der Waals surface area (Å²) in [5.41, 5.74) is 7.23. The Balaban J connectivity index is 3.08. The van der Waals surface area contributed by atoms with Crippen LogP contribution in [-0.2, 0) is 4.79 Å². The first-order valence-electron chi connectivity index (χ1n) is 4.77. The van der Waals surface area contributed by atoms with Crippen LogP contribution >= 0.6 is 11.6 Å². The van der Waals surface area contributed by atoms with Crippen LogP contribution < -0.4 is 10.5 Å². The molecule has 5 heteroatoms. The van der Waals surface area contributed by atoms with Crippen molar-refractivity contribution < 1.29 is 14.6 Å². The molecule has 16 heavy (non-hydrogen) atoms. The molecule has 3 N–H and O–H groups in total. The quantitative estimate of drug-likeness (QED) is 0.850. The van der Waals surface area contributed by atoms with Crippen molar-refractivity contribution in [1.29, 1.82) is 0 Å². The summed E-state index contributed by atoms with van der Waals surface area (Å²) >= 11 is 6.01. The number of carbonyl (C=O) groups is 1. The van der Waals surface area contributed by atoms with Gasteiger partial charge in [-0.05, 0) is 30.2 Å². The fraction of sp³-hybridized carbons (Fsp3) is 0.364. The second kappa shape index (κ2) is 5.18. The van der Waals surface area contributed by atoms with Gasteiger partial charge in [0.1, 0.15) is 5.75 Å². The lowest BCUT2D eigenvalue weighted by molar-refractivity contribution is -0.137. The predicted octanol–water partition coefficient (Wildman–Crippen LogP) is 2.13. The zero-order valence-corrected chi connectivity index (χ0v) is 9.91. The topological polar surface area (TPSA) is 72.5 Å². The van der Waals surface area contributed by atoms with Gasteiger partial charge in [0, 0.05) is 11.1 Å². The minimum atomic E-state index is -0.955. The standard InChI is InChI=1S/C11H14ClNO3/c1-6-3-8(12)7(4-10(6)16-2)9(13)5-11(14)15/h3-4,9H,5,13H2,1-2H3,(H,14,15). The summed E-state index contributed by atoms with van der Waals surface area (Å²) in [6.45, 7) is 1.86. The van der Waals surface area contributed by atoms with Gasteiger partial charge in [0.2, 0.25) is 0 Å². The Kier molecular flexibility index (Phi) is 4.15. The molecule has 88 valence electrons. The number of hydrogen-bond donors (Lipinski definition) is 2. The molecule has 0 bridgehead atoms. The molecule has 1 rings (SSSR count). The van der Waals surface area contributed by atoms with Gasteiger partial charge in [0.05, 0.1) is 13.5 Å². The summed E-state index contributed by atoms with van der Waals surface area (Å²) in [6, 6.07) is 2.78. The van der Waals surface area contributed by atoms with E-state index in [1.807, 2.05) is 6.92 Å². The number of halogens is 1. The third-order valence-electron chi connectivity index (χ3n) is 2.31. The van der Waals surface area contributed by atoms with Gasteiger partial charge in [0.15, 0.2) is 0 Å². The van der Waals surface area contributed by atoms with Crippen molar-refractivity contribution in [3.05, 3.63) is 28.3 Å². The van der Waals surface area contributed by atoms with Crippen LogP contribution in [-0.4, -0.2) is 18.2 Å². The van der Waals surface area contributed by atoms with E-state index in [0.717, 1.165) is 5.56 Å². The van der Waals surface area contributed by atoms with Crippen molar-refractivity contribution in [2.24, 2.45) is 5.73 Å². The minimum Gasteiger partial charge on any atom is -0.496 e. The number of carboxylic acids is 1. The molecule has 0 spiro atoms. The van der Waals surface area contributed by atoms with E-state index in [9.17, 15) is 4.79 Å². The van der Waals surface area contributed by atoms with Gasteiger partial charge >= 0.3 is 5.97 Å². The zero-order chi connectivity index (χ0) is 12.3. The molecule has 0 aliphatic heterocycles. The van der Waals surface area contributed by atoms with Crippen molar-refractivity contribution in [3.63, 3.8) is 0 Å². The van der Waals surface area contributed by atoms with Crippen LogP contribution in [0.15, 0.2) is 12.1 Å². The number of nitrogens with two attached hydrogens (primary N) is 1. The van der Waals surface area contributed by atoms with Gasteiger partial charge in [-0.25, -0.2) is 0 Å². The third kappa shape index (κ3) is 2.87. The number of hydrogen-bond acceptors (Lipinski definition) is 3.